The van der Waals surface area contributed by atoms with Gasteiger partial charge < -0.3 is 5.32 Å². The average Bonchev–Trinajstić information content (AvgIpc) is 2.72. The van der Waals surface area contributed by atoms with Crippen LogP contribution in [0.15, 0.2) is 30.3 Å². The third-order valence-electron chi connectivity index (χ3n) is 5.64. The van der Waals surface area contributed by atoms with Gasteiger partial charge in [-0.2, -0.15) is 0 Å². The molecule has 102 valence electrons. The first kappa shape index (κ1) is 11.9. The van der Waals surface area contributed by atoms with Gasteiger partial charge in [-0.05, 0) is 55.2 Å². The van der Waals surface area contributed by atoms with Gasteiger partial charge in [-0.15, -0.1) is 0 Å². The molecule has 4 rings (SSSR count). The number of fused-ring (bicyclic) bond motifs is 5. The predicted octanol–water partition coefficient (Wildman–Crippen LogP) is 2.36. The molecule has 0 spiro atoms. The van der Waals surface area contributed by atoms with Crippen molar-refractivity contribution >= 4 is 0 Å². The highest BCUT2D eigenvalue weighted by Gasteiger charge is 2.47. The number of hydrogen-bond acceptors (Lipinski definition) is 2. The second kappa shape index (κ2) is 4.92. The smallest absolute Gasteiger partial charge is 0.0233 e. The minimum atomic E-state index is 0.959. The quantitative estimate of drug-likeness (QED) is 0.874. The van der Waals surface area contributed by atoms with Crippen molar-refractivity contribution in [1.29, 1.82) is 0 Å². The second-order valence-electron chi connectivity index (χ2n) is 6.76. The molecule has 3 fully saturated rings. The lowest BCUT2D eigenvalue weighted by atomic mass is 9.83. The molecule has 1 aromatic rings. The van der Waals surface area contributed by atoms with Gasteiger partial charge in [0.2, 0.25) is 0 Å². The Morgan fingerprint density at radius 2 is 1.84 bits per heavy atom. The van der Waals surface area contributed by atoms with Crippen LogP contribution in [-0.2, 0) is 6.54 Å². The second-order valence-corrected chi connectivity index (χ2v) is 6.76. The number of rotatable bonds is 2. The predicted molar refractivity (Wildman–Crippen MR) is 77.8 cm³/mol. The maximum absolute atomic E-state index is 3.61. The van der Waals surface area contributed by atoms with Gasteiger partial charge in [0.05, 0.1) is 0 Å². The van der Waals surface area contributed by atoms with Crippen molar-refractivity contribution in [2.24, 2.45) is 23.7 Å². The Hall–Kier alpha value is -0.860. The summed E-state index contributed by atoms with van der Waals surface area (Å²) in [5, 5.41) is 3.61. The number of nitrogens with one attached hydrogen (secondary N) is 1. The van der Waals surface area contributed by atoms with E-state index in [1.165, 1.54) is 44.6 Å². The van der Waals surface area contributed by atoms with Gasteiger partial charge in [-0.1, -0.05) is 30.3 Å². The number of hydrogen-bond donors (Lipinski definition) is 1. The summed E-state index contributed by atoms with van der Waals surface area (Å²) in [6.07, 6.45) is 2.92. The monoisotopic (exact) mass is 256 g/mol. The summed E-state index contributed by atoms with van der Waals surface area (Å²) >= 11 is 0. The Labute approximate surface area is 116 Å². The molecule has 2 bridgehead atoms. The molecule has 2 nitrogen and oxygen atoms in total. The molecule has 0 amide bonds. The molecule has 3 aliphatic rings. The fraction of sp³-hybridized carbons (Fsp3) is 0.647. The molecular formula is C17H24N2. The van der Waals surface area contributed by atoms with Gasteiger partial charge in [0.1, 0.15) is 0 Å². The lowest BCUT2D eigenvalue weighted by Gasteiger charge is -2.32. The van der Waals surface area contributed by atoms with Gasteiger partial charge in [0.25, 0.3) is 0 Å². The van der Waals surface area contributed by atoms with Crippen LogP contribution in [-0.4, -0.2) is 31.1 Å². The molecule has 2 heterocycles. The molecule has 2 saturated heterocycles. The van der Waals surface area contributed by atoms with E-state index in [4.69, 9.17) is 0 Å². The van der Waals surface area contributed by atoms with Crippen molar-refractivity contribution in [2.75, 3.05) is 26.2 Å². The zero-order valence-electron chi connectivity index (χ0n) is 11.6. The summed E-state index contributed by atoms with van der Waals surface area (Å²) in [6.45, 7) is 6.36. The van der Waals surface area contributed by atoms with Gasteiger partial charge in [-0.25, -0.2) is 0 Å². The van der Waals surface area contributed by atoms with Crippen molar-refractivity contribution in [2.45, 2.75) is 19.4 Å². The Balaban J connectivity index is 1.47. The summed E-state index contributed by atoms with van der Waals surface area (Å²) in [5.41, 5.74) is 1.48. The molecule has 19 heavy (non-hydrogen) atoms. The largest absolute Gasteiger partial charge is 0.316 e. The van der Waals surface area contributed by atoms with Gasteiger partial charge in [0.15, 0.2) is 0 Å². The third-order valence-corrected chi connectivity index (χ3v) is 5.64. The molecule has 1 aliphatic carbocycles. The van der Waals surface area contributed by atoms with E-state index in [-0.39, 0.29) is 0 Å². The first-order chi connectivity index (χ1) is 9.40. The topological polar surface area (TPSA) is 15.3 Å². The zero-order valence-corrected chi connectivity index (χ0v) is 11.6. The van der Waals surface area contributed by atoms with Gasteiger partial charge in [-0.3, -0.25) is 4.90 Å². The van der Waals surface area contributed by atoms with E-state index in [2.05, 4.69) is 40.5 Å². The standard InChI is InChI=1S/C17H24N2/c1-2-4-13(5-3-1)10-19-11-14-8-15(12-19)17-9-18-7-6-16(14)17/h1-5,14-18H,6-12H2. The van der Waals surface area contributed by atoms with Crippen LogP contribution in [0.4, 0.5) is 0 Å². The fourth-order valence-corrected chi connectivity index (χ4v) is 4.87. The molecule has 0 radical (unpaired) electrons. The minimum Gasteiger partial charge on any atom is -0.316 e. The highest BCUT2D eigenvalue weighted by molar-refractivity contribution is 5.15. The first-order valence-electron chi connectivity index (χ1n) is 7.87. The van der Waals surface area contributed by atoms with Crippen molar-refractivity contribution in [1.82, 2.24) is 10.2 Å². The van der Waals surface area contributed by atoms with E-state index in [1.807, 2.05) is 0 Å². The molecule has 1 aromatic carbocycles. The third kappa shape index (κ3) is 2.21. The Kier molecular flexibility index (Phi) is 3.08. The molecule has 0 aromatic heterocycles. The molecule has 1 saturated carbocycles. The van der Waals surface area contributed by atoms with Crippen LogP contribution in [0.2, 0.25) is 0 Å². The Morgan fingerprint density at radius 3 is 2.68 bits per heavy atom. The number of benzene rings is 1. The van der Waals surface area contributed by atoms with E-state index in [0.29, 0.717) is 0 Å². The summed E-state index contributed by atoms with van der Waals surface area (Å²) in [5.74, 6) is 3.93. The van der Waals surface area contributed by atoms with E-state index < -0.39 is 0 Å². The van der Waals surface area contributed by atoms with E-state index in [9.17, 15) is 0 Å². The van der Waals surface area contributed by atoms with Crippen LogP contribution < -0.4 is 5.32 Å². The van der Waals surface area contributed by atoms with Crippen LogP contribution in [0.5, 0.6) is 0 Å². The summed E-state index contributed by atoms with van der Waals surface area (Å²) in [7, 11) is 0. The number of piperidine rings is 2. The zero-order chi connectivity index (χ0) is 12.7. The maximum atomic E-state index is 3.61. The Bertz CT molecular complexity index is 410. The number of likely N-dealkylation sites (tertiary alicyclic amines) is 1. The SMILES string of the molecule is c1ccc(CN2CC3CC(C2)C2CNCCC32)cc1. The van der Waals surface area contributed by atoms with Gasteiger partial charge in [0, 0.05) is 19.6 Å². The first-order valence-corrected chi connectivity index (χ1v) is 7.87. The minimum absolute atomic E-state index is 0.959. The summed E-state index contributed by atoms with van der Waals surface area (Å²) in [6, 6.07) is 11.0. The molecule has 4 atom stereocenters. The summed E-state index contributed by atoms with van der Waals surface area (Å²) in [4.78, 5) is 2.71. The van der Waals surface area contributed by atoms with Crippen molar-refractivity contribution in [3.05, 3.63) is 35.9 Å². The van der Waals surface area contributed by atoms with E-state index >= 15 is 0 Å². The molecule has 1 N–H and O–H groups in total. The highest BCUT2D eigenvalue weighted by Crippen LogP contribution is 2.48. The molecule has 2 aliphatic heterocycles. The molecule has 2 heteroatoms. The maximum Gasteiger partial charge on any atom is 0.0233 e. The van der Waals surface area contributed by atoms with Crippen molar-refractivity contribution in [3.63, 3.8) is 0 Å². The van der Waals surface area contributed by atoms with E-state index in [0.717, 1.165) is 30.2 Å². The highest BCUT2D eigenvalue weighted by atomic mass is 15.1. The number of nitrogens with zero attached hydrogens (tertiary/aromatic N) is 1. The average molecular weight is 256 g/mol. The van der Waals surface area contributed by atoms with Crippen molar-refractivity contribution < 1.29 is 0 Å². The lowest BCUT2D eigenvalue weighted by molar-refractivity contribution is 0.149. The van der Waals surface area contributed by atoms with Crippen LogP contribution in [0, 0.1) is 23.7 Å². The van der Waals surface area contributed by atoms with Crippen LogP contribution in [0.3, 0.4) is 0 Å². The molecular weight excluding hydrogens is 232 g/mol. The van der Waals surface area contributed by atoms with Crippen molar-refractivity contribution in [3.8, 4) is 0 Å². The van der Waals surface area contributed by atoms with Crippen LogP contribution in [0.1, 0.15) is 18.4 Å². The van der Waals surface area contributed by atoms with Gasteiger partial charge >= 0.3 is 0 Å². The van der Waals surface area contributed by atoms with Crippen LogP contribution in [0.25, 0.3) is 0 Å². The van der Waals surface area contributed by atoms with Crippen LogP contribution >= 0.6 is 0 Å². The Morgan fingerprint density at radius 1 is 1.05 bits per heavy atom. The normalized spacial score (nSPS) is 38.1. The fourth-order valence-electron chi connectivity index (χ4n) is 4.87. The summed E-state index contributed by atoms with van der Waals surface area (Å²) < 4.78 is 0. The lowest BCUT2D eigenvalue weighted by Crippen LogP contribution is -2.38. The van der Waals surface area contributed by atoms with E-state index in [1.54, 1.807) is 0 Å². The molecule has 4 unspecified atom stereocenters.